The van der Waals surface area contributed by atoms with Crippen molar-refractivity contribution in [2.45, 2.75) is 24.6 Å². The third kappa shape index (κ3) is 4.57. The zero-order chi connectivity index (χ0) is 23.6. The molecule has 2 amide bonds. The summed E-state index contributed by atoms with van der Waals surface area (Å²) in [6.07, 6.45) is -5.29. The van der Waals surface area contributed by atoms with Gasteiger partial charge in [0.1, 0.15) is 18.3 Å². The zero-order valence-corrected chi connectivity index (χ0v) is 17.8. The molecule has 0 spiro atoms. The zero-order valence-electron chi connectivity index (χ0n) is 17.0. The Hall–Kier alpha value is -3.37. The van der Waals surface area contributed by atoms with Crippen molar-refractivity contribution in [1.29, 1.82) is 0 Å². The van der Waals surface area contributed by atoms with Crippen molar-refractivity contribution in [3.05, 3.63) is 88.1 Å². The molecule has 0 radical (unpaired) electrons. The number of ether oxygens (including phenoxy) is 1. The molecule has 0 bridgehead atoms. The highest BCUT2D eigenvalue weighted by molar-refractivity contribution is 7.12. The number of alkyl halides is 3. The Balaban J connectivity index is 1.64. The minimum atomic E-state index is -5.29. The molecule has 0 unspecified atom stereocenters. The standard InChI is InChI=1S/C23H19F3N2O4S/c24-23(25,26)22(31)18(20(29)17-7-4-12-33-17)19(27-21(30)28-22)15-8-10-16(11-9-15)32-13-14-5-2-1-3-6-14/h1-12,18-19,31H,13H2,(H2,27,28,30)/t18-,19-,22-/m1/s1. The number of benzene rings is 2. The normalized spacial score (nSPS) is 22.8. The Labute approximate surface area is 191 Å². The van der Waals surface area contributed by atoms with Crippen molar-refractivity contribution in [2.75, 3.05) is 0 Å². The molecule has 3 aromatic rings. The average molecular weight is 476 g/mol. The lowest BCUT2D eigenvalue weighted by molar-refractivity contribution is -0.287. The van der Waals surface area contributed by atoms with Gasteiger partial charge < -0.3 is 20.5 Å². The quantitative estimate of drug-likeness (QED) is 0.460. The number of Topliss-reactive ketones (excluding diaryl/α,β-unsaturated/α-hetero) is 1. The average Bonchev–Trinajstić information content (AvgIpc) is 3.32. The van der Waals surface area contributed by atoms with Crippen LogP contribution in [-0.4, -0.2) is 28.8 Å². The number of carbonyl (C=O) groups excluding carboxylic acids is 2. The number of hydrogen-bond donors (Lipinski definition) is 3. The van der Waals surface area contributed by atoms with Crippen LogP contribution in [0.2, 0.25) is 0 Å². The monoisotopic (exact) mass is 476 g/mol. The molecule has 0 saturated carbocycles. The number of amides is 2. The van der Waals surface area contributed by atoms with Gasteiger partial charge in [-0.15, -0.1) is 11.3 Å². The fourth-order valence-electron chi connectivity index (χ4n) is 3.70. The van der Waals surface area contributed by atoms with E-state index in [2.05, 4.69) is 5.32 Å². The number of aliphatic hydroxyl groups is 1. The Morgan fingerprint density at radius 3 is 2.36 bits per heavy atom. The van der Waals surface area contributed by atoms with Gasteiger partial charge in [0.05, 0.1) is 10.9 Å². The van der Waals surface area contributed by atoms with Crippen molar-refractivity contribution in [1.82, 2.24) is 10.6 Å². The summed E-state index contributed by atoms with van der Waals surface area (Å²) < 4.78 is 47.4. The molecule has 1 saturated heterocycles. The molecule has 2 heterocycles. The predicted octanol–water partition coefficient (Wildman–Crippen LogP) is 4.43. The second-order valence-electron chi connectivity index (χ2n) is 7.50. The van der Waals surface area contributed by atoms with E-state index in [0.29, 0.717) is 5.75 Å². The summed E-state index contributed by atoms with van der Waals surface area (Å²) in [5.74, 6) is -2.54. The van der Waals surface area contributed by atoms with Gasteiger partial charge in [0, 0.05) is 0 Å². The maximum Gasteiger partial charge on any atom is 0.437 e. The summed E-state index contributed by atoms with van der Waals surface area (Å²) in [5.41, 5.74) is -2.60. The molecule has 10 heteroatoms. The highest BCUT2D eigenvalue weighted by Crippen LogP contribution is 2.44. The van der Waals surface area contributed by atoms with Gasteiger partial charge in [-0.3, -0.25) is 4.79 Å². The number of urea groups is 1. The van der Waals surface area contributed by atoms with E-state index < -0.39 is 35.7 Å². The SMILES string of the molecule is O=C1N[C@H](c2ccc(OCc3ccccc3)cc2)[C@H](C(=O)c2cccs2)[C@@](O)(C(F)(F)F)N1. The number of rotatable bonds is 6. The van der Waals surface area contributed by atoms with Crippen LogP contribution in [0.3, 0.4) is 0 Å². The van der Waals surface area contributed by atoms with E-state index in [4.69, 9.17) is 4.74 Å². The van der Waals surface area contributed by atoms with E-state index in [0.717, 1.165) is 16.9 Å². The molecule has 1 aliphatic rings. The van der Waals surface area contributed by atoms with E-state index in [9.17, 15) is 27.9 Å². The molecule has 172 valence electrons. The summed E-state index contributed by atoms with van der Waals surface area (Å²) >= 11 is 0.953. The van der Waals surface area contributed by atoms with Gasteiger partial charge >= 0.3 is 12.2 Å². The lowest BCUT2D eigenvalue weighted by Crippen LogP contribution is -2.72. The summed E-state index contributed by atoms with van der Waals surface area (Å²) in [7, 11) is 0. The molecular weight excluding hydrogens is 457 g/mol. The van der Waals surface area contributed by atoms with E-state index in [-0.39, 0.29) is 17.0 Å². The van der Waals surface area contributed by atoms with E-state index >= 15 is 0 Å². The van der Waals surface area contributed by atoms with Crippen LogP contribution < -0.4 is 15.4 Å². The molecule has 1 fully saturated rings. The van der Waals surface area contributed by atoms with Gasteiger partial charge in [-0.1, -0.05) is 48.5 Å². The van der Waals surface area contributed by atoms with E-state index in [1.807, 2.05) is 30.3 Å². The van der Waals surface area contributed by atoms with Crippen LogP contribution in [0, 0.1) is 5.92 Å². The summed E-state index contributed by atoms with van der Waals surface area (Å²) in [4.78, 5) is 25.2. The number of hydrogen-bond acceptors (Lipinski definition) is 5. The fraction of sp³-hybridized carbons (Fsp3) is 0.217. The molecule has 33 heavy (non-hydrogen) atoms. The first kappa shape index (κ1) is 22.8. The van der Waals surface area contributed by atoms with Gasteiger partial charge in [-0.25, -0.2) is 4.79 Å². The van der Waals surface area contributed by atoms with Crippen LogP contribution in [0.15, 0.2) is 72.1 Å². The molecule has 4 rings (SSSR count). The van der Waals surface area contributed by atoms with Crippen LogP contribution in [0.5, 0.6) is 5.75 Å². The summed E-state index contributed by atoms with van der Waals surface area (Å²) in [5, 5.41) is 16.0. The van der Waals surface area contributed by atoms with Gasteiger partial charge in [0.25, 0.3) is 0 Å². The van der Waals surface area contributed by atoms with Crippen LogP contribution >= 0.6 is 11.3 Å². The van der Waals surface area contributed by atoms with Crippen LogP contribution in [0.1, 0.15) is 26.8 Å². The fourth-order valence-corrected chi connectivity index (χ4v) is 4.41. The molecule has 2 aromatic carbocycles. The summed E-state index contributed by atoms with van der Waals surface area (Å²) in [6, 6.07) is 15.6. The Bertz CT molecular complexity index is 1120. The first-order valence-corrected chi connectivity index (χ1v) is 10.8. The molecule has 0 aliphatic carbocycles. The highest BCUT2D eigenvalue weighted by atomic mass is 32.1. The Kier molecular flexibility index (Phi) is 6.13. The predicted molar refractivity (Wildman–Crippen MR) is 115 cm³/mol. The molecule has 6 nitrogen and oxygen atoms in total. The largest absolute Gasteiger partial charge is 0.489 e. The minimum absolute atomic E-state index is 0.0356. The smallest absolute Gasteiger partial charge is 0.437 e. The third-order valence-corrected chi connectivity index (χ3v) is 6.22. The molecule has 1 aromatic heterocycles. The van der Waals surface area contributed by atoms with Crippen molar-refractivity contribution < 1.29 is 32.6 Å². The van der Waals surface area contributed by atoms with Crippen molar-refractivity contribution in [2.24, 2.45) is 5.92 Å². The van der Waals surface area contributed by atoms with Crippen molar-refractivity contribution in [3.8, 4) is 5.75 Å². The van der Waals surface area contributed by atoms with Crippen LogP contribution in [-0.2, 0) is 6.61 Å². The maximum absolute atomic E-state index is 13.9. The number of halogens is 3. The van der Waals surface area contributed by atoms with Crippen molar-refractivity contribution >= 4 is 23.2 Å². The number of ketones is 1. The summed E-state index contributed by atoms with van der Waals surface area (Å²) in [6.45, 7) is 0.289. The second-order valence-corrected chi connectivity index (χ2v) is 8.45. The highest BCUT2D eigenvalue weighted by Gasteiger charge is 2.66. The lowest BCUT2D eigenvalue weighted by atomic mass is 9.78. The van der Waals surface area contributed by atoms with Crippen molar-refractivity contribution in [3.63, 3.8) is 0 Å². The second kappa shape index (κ2) is 8.87. The minimum Gasteiger partial charge on any atom is -0.489 e. The first-order chi connectivity index (χ1) is 15.7. The van der Waals surface area contributed by atoms with Crippen LogP contribution in [0.4, 0.5) is 18.0 Å². The molecule has 3 N–H and O–H groups in total. The lowest BCUT2D eigenvalue weighted by Gasteiger charge is -2.44. The van der Waals surface area contributed by atoms with Gasteiger partial charge in [-0.05, 0) is 34.7 Å². The van der Waals surface area contributed by atoms with E-state index in [1.165, 1.54) is 41.7 Å². The van der Waals surface area contributed by atoms with Gasteiger partial charge in [-0.2, -0.15) is 13.2 Å². The molecular formula is C23H19F3N2O4S. The topological polar surface area (TPSA) is 87.7 Å². The van der Waals surface area contributed by atoms with E-state index in [1.54, 1.807) is 5.38 Å². The first-order valence-electron chi connectivity index (χ1n) is 9.91. The Morgan fingerprint density at radius 2 is 1.76 bits per heavy atom. The number of nitrogens with one attached hydrogen (secondary N) is 2. The number of carbonyl (C=O) groups is 2. The molecule has 3 atom stereocenters. The maximum atomic E-state index is 13.9. The van der Waals surface area contributed by atoms with Gasteiger partial charge in [0.2, 0.25) is 5.72 Å². The Morgan fingerprint density at radius 1 is 1.06 bits per heavy atom. The molecule has 1 aliphatic heterocycles. The third-order valence-electron chi connectivity index (χ3n) is 5.34. The van der Waals surface area contributed by atoms with Gasteiger partial charge in [0.15, 0.2) is 5.78 Å². The van der Waals surface area contributed by atoms with Crippen LogP contribution in [0.25, 0.3) is 0 Å². The number of thiophene rings is 1.